The second-order valence-electron chi connectivity index (χ2n) is 5.92. The van der Waals surface area contributed by atoms with Crippen molar-refractivity contribution in [2.24, 2.45) is 0 Å². The minimum absolute atomic E-state index is 0.0587. The molecule has 1 aromatic carbocycles. The first-order chi connectivity index (χ1) is 11.9. The van der Waals surface area contributed by atoms with Gasteiger partial charge in [-0.15, -0.1) is 0 Å². The van der Waals surface area contributed by atoms with Crippen LogP contribution in [0.25, 0.3) is 0 Å². The summed E-state index contributed by atoms with van der Waals surface area (Å²) < 4.78 is 29.1. The van der Waals surface area contributed by atoms with E-state index in [2.05, 4.69) is 9.82 Å². The van der Waals surface area contributed by atoms with Gasteiger partial charge in [-0.2, -0.15) is 0 Å². The average Bonchev–Trinajstić information content (AvgIpc) is 2.93. The van der Waals surface area contributed by atoms with Crippen molar-refractivity contribution in [1.29, 1.82) is 0 Å². The molecule has 1 aromatic rings. The van der Waals surface area contributed by atoms with Crippen molar-refractivity contribution in [3.05, 3.63) is 30.3 Å². The molecule has 1 fully saturated rings. The van der Waals surface area contributed by atoms with Gasteiger partial charge in [0.05, 0.1) is 32.1 Å². The van der Waals surface area contributed by atoms with E-state index in [4.69, 9.17) is 9.26 Å². The number of aliphatic hydroxyl groups excluding tert-OH is 2. The predicted molar refractivity (Wildman–Crippen MR) is 90.5 cm³/mol. The molecule has 0 amide bonds. The number of aliphatic hydroxyl groups is 2. The Balaban J connectivity index is 2.14. The molecule has 25 heavy (non-hydrogen) atoms. The third-order valence-electron chi connectivity index (χ3n) is 3.87. The van der Waals surface area contributed by atoms with E-state index in [0.717, 1.165) is 0 Å². The molecule has 1 aliphatic rings. The number of para-hydroxylation sites is 1. The topological polar surface area (TPSA) is 114 Å². The molecule has 3 N–H and O–H groups in total. The lowest BCUT2D eigenvalue weighted by Gasteiger charge is -2.25. The molecule has 0 aliphatic carbocycles. The minimum Gasteiger partial charge on any atom is -0.468 e. The predicted octanol–water partition coefficient (Wildman–Crippen LogP) is 0.920. The van der Waals surface area contributed by atoms with Crippen LogP contribution in [0.4, 0.5) is 0 Å². The molecule has 2 unspecified atom stereocenters. The normalized spacial score (nSPS) is 26.6. The zero-order valence-corrected chi connectivity index (χ0v) is 15.1. The minimum atomic E-state index is -3.55. The first kappa shape index (κ1) is 19.9. The maximum atomic E-state index is 13.3. The molecule has 5 atom stereocenters. The number of hydrogen-bond donors (Lipinski definition) is 3. The maximum absolute atomic E-state index is 13.3. The van der Waals surface area contributed by atoms with Crippen LogP contribution in [0.1, 0.15) is 13.3 Å². The highest BCUT2D eigenvalue weighted by molar-refractivity contribution is 7.57. The van der Waals surface area contributed by atoms with Crippen molar-refractivity contribution in [1.82, 2.24) is 5.09 Å². The third-order valence-corrected chi connectivity index (χ3v) is 6.04. The number of rotatable bonds is 8. The molecule has 1 aliphatic heterocycles. The Bertz CT molecular complexity index is 612. The van der Waals surface area contributed by atoms with Gasteiger partial charge >= 0.3 is 13.5 Å². The lowest BCUT2D eigenvalue weighted by atomic mass is 10.1. The Kier molecular flexibility index (Phi) is 6.98. The van der Waals surface area contributed by atoms with Crippen LogP contribution in [0.15, 0.2) is 30.3 Å². The first-order valence-electron chi connectivity index (χ1n) is 8.00. The highest BCUT2D eigenvalue weighted by Crippen LogP contribution is 2.46. The lowest BCUT2D eigenvalue weighted by molar-refractivity contribution is -0.142. The number of esters is 1. The summed E-state index contributed by atoms with van der Waals surface area (Å²) in [6.07, 6.45) is -1.95. The standard InChI is InChI=1S/C16H24NO7P/c1-11(16(20)22-2)17-25(21,24-12-6-4-3-5-7-12)10-13-8-14(19)15(9-18)23-13/h3-7,11,13-15,18-19H,8-10H2,1-2H3,(H,17,21)/t11-,13?,14-,15+,25?/m0/s1. The molecule has 1 saturated heterocycles. The van der Waals surface area contributed by atoms with E-state index >= 15 is 0 Å². The Morgan fingerprint density at radius 1 is 1.44 bits per heavy atom. The number of benzene rings is 1. The van der Waals surface area contributed by atoms with Gasteiger partial charge in [-0.25, -0.2) is 5.09 Å². The highest BCUT2D eigenvalue weighted by Gasteiger charge is 2.40. The quantitative estimate of drug-likeness (QED) is 0.455. The number of methoxy groups -OCH3 is 1. The summed E-state index contributed by atoms with van der Waals surface area (Å²) in [5.41, 5.74) is 0. The number of carbonyl (C=O) groups excluding carboxylic acids is 1. The van der Waals surface area contributed by atoms with E-state index in [-0.39, 0.29) is 19.2 Å². The summed E-state index contributed by atoms with van der Waals surface area (Å²) in [7, 11) is -2.30. The first-order valence-corrected chi connectivity index (χ1v) is 9.81. The van der Waals surface area contributed by atoms with E-state index in [1.165, 1.54) is 14.0 Å². The van der Waals surface area contributed by atoms with E-state index in [0.29, 0.717) is 5.75 Å². The molecule has 0 spiro atoms. The summed E-state index contributed by atoms with van der Waals surface area (Å²) in [5, 5.41) is 21.7. The number of nitrogens with one attached hydrogen (secondary N) is 1. The summed E-state index contributed by atoms with van der Waals surface area (Å²) in [5.74, 6) is -0.190. The molecule has 8 nitrogen and oxygen atoms in total. The van der Waals surface area contributed by atoms with Crippen LogP contribution in [-0.2, 0) is 18.8 Å². The van der Waals surface area contributed by atoms with Gasteiger partial charge in [0.1, 0.15) is 17.9 Å². The second kappa shape index (κ2) is 8.78. The van der Waals surface area contributed by atoms with Gasteiger partial charge in [0.25, 0.3) is 0 Å². The number of ether oxygens (including phenoxy) is 2. The largest absolute Gasteiger partial charge is 0.468 e. The molecule has 1 heterocycles. The molecular weight excluding hydrogens is 349 g/mol. The fourth-order valence-corrected chi connectivity index (χ4v) is 4.82. The number of hydrogen-bond acceptors (Lipinski definition) is 7. The molecule has 9 heteroatoms. The average molecular weight is 373 g/mol. The Morgan fingerprint density at radius 2 is 2.12 bits per heavy atom. The van der Waals surface area contributed by atoms with Gasteiger partial charge in [0.15, 0.2) is 0 Å². The smallest absolute Gasteiger partial charge is 0.323 e. The Morgan fingerprint density at radius 3 is 2.68 bits per heavy atom. The zero-order chi connectivity index (χ0) is 18.4. The van der Waals surface area contributed by atoms with E-state index in [1.807, 2.05) is 0 Å². The van der Waals surface area contributed by atoms with E-state index in [1.54, 1.807) is 30.3 Å². The van der Waals surface area contributed by atoms with Crippen LogP contribution in [0.3, 0.4) is 0 Å². The van der Waals surface area contributed by atoms with Crippen molar-refractivity contribution in [3.8, 4) is 5.75 Å². The molecule has 0 saturated carbocycles. The number of carbonyl (C=O) groups is 1. The molecule has 0 bridgehead atoms. The van der Waals surface area contributed by atoms with Gasteiger partial charge in [-0.05, 0) is 19.1 Å². The summed E-state index contributed by atoms with van der Waals surface area (Å²) in [6.45, 7) is 1.20. The van der Waals surface area contributed by atoms with Gasteiger partial charge < -0.3 is 24.2 Å². The van der Waals surface area contributed by atoms with Gasteiger partial charge in [-0.1, -0.05) is 18.2 Å². The van der Waals surface area contributed by atoms with E-state index in [9.17, 15) is 19.6 Å². The van der Waals surface area contributed by atoms with Crippen LogP contribution in [0, 0.1) is 0 Å². The molecular formula is C16H24NO7P. The van der Waals surface area contributed by atoms with Crippen molar-refractivity contribution in [2.45, 2.75) is 37.7 Å². The SMILES string of the molecule is COC(=O)[C@H](C)NP(=O)(CC1C[C@H](O)[C@@H](CO)O1)Oc1ccccc1. The third kappa shape index (κ3) is 5.52. The monoisotopic (exact) mass is 373 g/mol. The van der Waals surface area contributed by atoms with Gasteiger partial charge in [0.2, 0.25) is 0 Å². The zero-order valence-electron chi connectivity index (χ0n) is 14.2. The summed E-state index contributed by atoms with van der Waals surface area (Å²) in [4.78, 5) is 11.7. The van der Waals surface area contributed by atoms with Gasteiger partial charge in [-0.3, -0.25) is 9.36 Å². The van der Waals surface area contributed by atoms with Crippen LogP contribution in [0.2, 0.25) is 0 Å². The van der Waals surface area contributed by atoms with Crippen LogP contribution in [-0.4, -0.2) is 60.4 Å². The molecule has 2 rings (SSSR count). The summed E-state index contributed by atoms with van der Waals surface area (Å²) in [6, 6.07) is 7.72. The Hall–Kier alpha value is -1.44. The second-order valence-corrected chi connectivity index (χ2v) is 8.07. The fourth-order valence-electron chi connectivity index (χ4n) is 2.66. The van der Waals surface area contributed by atoms with Crippen molar-refractivity contribution in [3.63, 3.8) is 0 Å². The molecule has 0 radical (unpaired) electrons. The highest BCUT2D eigenvalue weighted by atomic mass is 31.2. The van der Waals surface area contributed by atoms with Crippen molar-refractivity contribution >= 4 is 13.5 Å². The molecule has 0 aromatic heterocycles. The van der Waals surface area contributed by atoms with Crippen LogP contribution >= 0.6 is 7.52 Å². The fraction of sp³-hybridized carbons (Fsp3) is 0.562. The van der Waals surface area contributed by atoms with Gasteiger partial charge in [0, 0.05) is 6.42 Å². The lowest BCUT2D eigenvalue weighted by Crippen LogP contribution is -2.36. The van der Waals surface area contributed by atoms with Crippen molar-refractivity contribution in [2.75, 3.05) is 19.9 Å². The van der Waals surface area contributed by atoms with Crippen LogP contribution < -0.4 is 9.61 Å². The van der Waals surface area contributed by atoms with Crippen molar-refractivity contribution < 1.29 is 33.6 Å². The Labute approximate surface area is 146 Å². The maximum Gasteiger partial charge on any atom is 0.323 e. The van der Waals surface area contributed by atoms with E-state index < -0.39 is 37.8 Å². The molecule has 140 valence electrons. The summed E-state index contributed by atoms with van der Waals surface area (Å²) >= 11 is 0. The van der Waals surface area contributed by atoms with Crippen LogP contribution in [0.5, 0.6) is 5.75 Å².